The maximum Gasteiger partial charge on any atom is 0.257 e. The van der Waals surface area contributed by atoms with Gasteiger partial charge in [-0.05, 0) is 44.5 Å². The lowest BCUT2D eigenvalue weighted by molar-refractivity contribution is 0.102. The fourth-order valence-electron chi connectivity index (χ4n) is 2.07. The van der Waals surface area contributed by atoms with Gasteiger partial charge in [0, 0.05) is 18.0 Å². The van der Waals surface area contributed by atoms with Crippen LogP contribution in [0.1, 0.15) is 49.0 Å². The molecule has 7 nitrogen and oxygen atoms in total. The molecule has 9 heteroatoms. The molecular weight excluding hydrogens is 360 g/mol. The number of sulfonamides is 1. The molecular formula is C16H22N4O3S2. The summed E-state index contributed by atoms with van der Waals surface area (Å²) in [6, 6.07) is 5.57. The predicted molar refractivity (Wildman–Crippen MR) is 98.4 cm³/mol. The number of carbonyl (C=O) groups is 1. The summed E-state index contributed by atoms with van der Waals surface area (Å²) in [5, 5.41) is 12.0. The average molecular weight is 383 g/mol. The van der Waals surface area contributed by atoms with E-state index in [0.29, 0.717) is 10.7 Å². The van der Waals surface area contributed by atoms with Crippen molar-refractivity contribution in [1.29, 1.82) is 0 Å². The number of hydrogen-bond acceptors (Lipinski definition) is 6. The second kappa shape index (κ2) is 8.50. The van der Waals surface area contributed by atoms with Gasteiger partial charge in [-0.1, -0.05) is 24.7 Å². The van der Waals surface area contributed by atoms with E-state index in [0.717, 1.165) is 24.3 Å². The molecule has 0 aliphatic carbocycles. The van der Waals surface area contributed by atoms with Gasteiger partial charge in [-0.15, -0.1) is 10.2 Å². The first kappa shape index (κ1) is 19.5. The molecule has 0 radical (unpaired) electrons. The quantitative estimate of drug-likeness (QED) is 0.731. The topological polar surface area (TPSA) is 101 Å². The SMILES string of the molecule is CCCCc1nnc(NC(=O)c2ccc(S(=O)(=O)NC(C)C)cc2)s1. The van der Waals surface area contributed by atoms with Gasteiger partial charge in [-0.3, -0.25) is 10.1 Å². The van der Waals surface area contributed by atoms with E-state index in [2.05, 4.69) is 27.2 Å². The van der Waals surface area contributed by atoms with E-state index in [1.807, 2.05) is 0 Å². The zero-order chi connectivity index (χ0) is 18.4. The summed E-state index contributed by atoms with van der Waals surface area (Å²) in [4.78, 5) is 12.4. The van der Waals surface area contributed by atoms with Crippen molar-refractivity contribution in [3.8, 4) is 0 Å². The van der Waals surface area contributed by atoms with E-state index in [-0.39, 0.29) is 16.8 Å². The number of anilines is 1. The van der Waals surface area contributed by atoms with Crippen LogP contribution in [0.2, 0.25) is 0 Å². The van der Waals surface area contributed by atoms with E-state index in [1.54, 1.807) is 13.8 Å². The van der Waals surface area contributed by atoms with Gasteiger partial charge in [0.05, 0.1) is 4.90 Å². The maximum absolute atomic E-state index is 12.2. The van der Waals surface area contributed by atoms with Crippen molar-refractivity contribution in [2.24, 2.45) is 0 Å². The van der Waals surface area contributed by atoms with Crippen LogP contribution < -0.4 is 10.0 Å². The first-order chi connectivity index (χ1) is 11.8. The van der Waals surface area contributed by atoms with Crippen molar-refractivity contribution in [3.63, 3.8) is 0 Å². The Morgan fingerprint density at radius 1 is 1.20 bits per heavy atom. The predicted octanol–water partition coefficient (Wildman–Crippen LogP) is 2.82. The number of rotatable bonds is 8. The molecule has 0 saturated carbocycles. The molecule has 0 aliphatic rings. The van der Waals surface area contributed by atoms with Gasteiger partial charge in [-0.25, -0.2) is 13.1 Å². The molecule has 1 heterocycles. The second-order valence-corrected chi connectivity index (χ2v) is 8.64. The minimum absolute atomic E-state index is 0.121. The van der Waals surface area contributed by atoms with Gasteiger partial charge in [0.15, 0.2) is 0 Å². The standard InChI is InChI=1S/C16H22N4O3S2/c1-4-5-6-14-18-19-16(24-14)17-15(21)12-7-9-13(10-8-12)25(22,23)20-11(2)3/h7-11,20H,4-6H2,1-3H3,(H,17,19,21). The molecule has 0 spiro atoms. The summed E-state index contributed by atoms with van der Waals surface area (Å²) in [5.74, 6) is -0.348. The van der Waals surface area contributed by atoms with Crippen LogP contribution in [0.25, 0.3) is 0 Å². The molecule has 136 valence electrons. The van der Waals surface area contributed by atoms with Crippen LogP contribution in [-0.2, 0) is 16.4 Å². The first-order valence-electron chi connectivity index (χ1n) is 8.08. The number of benzene rings is 1. The molecule has 2 rings (SSSR count). The lowest BCUT2D eigenvalue weighted by atomic mass is 10.2. The number of aromatic nitrogens is 2. The molecule has 1 aromatic heterocycles. The second-order valence-electron chi connectivity index (χ2n) is 5.86. The number of aryl methyl sites for hydroxylation is 1. The number of hydrogen-bond donors (Lipinski definition) is 2. The average Bonchev–Trinajstić information content (AvgIpc) is 2.99. The molecule has 1 amide bonds. The van der Waals surface area contributed by atoms with Crippen molar-refractivity contribution in [3.05, 3.63) is 34.8 Å². The number of unbranched alkanes of at least 4 members (excludes halogenated alkanes) is 1. The third-order valence-electron chi connectivity index (χ3n) is 3.25. The van der Waals surface area contributed by atoms with Crippen LogP contribution in [0.3, 0.4) is 0 Å². The molecule has 0 bridgehead atoms. The third kappa shape index (κ3) is 5.58. The van der Waals surface area contributed by atoms with Crippen molar-refractivity contribution >= 4 is 32.4 Å². The van der Waals surface area contributed by atoms with E-state index in [1.165, 1.54) is 35.6 Å². The van der Waals surface area contributed by atoms with Gasteiger partial charge in [0.1, 0.15) is 5.01 Å². The zero-order valence-electron chi connectivity index (χ0n) is 14.4. The van der Waals surface area contributed by atoms with Gasteiger partial charge in [-0.2, -0.15) is 0 Å². The highest BCUT2D eigenvalue weighted by Crippen LogP contribution is 2.18. The van der Waals surface area contributed by atoms with Crippen molar-refractivity contribution in [2.45, 2.75) is 51.0 Å². The van der Waals surface area contributed by atoms with Crippen molar-refractivity contribution in [2.75, 3.05) is 5.32 Å². The molecule has 1 aromatic carbocycles. The number of nitrogens with one attached hydrogen (secondary N) is 2. The molecule has 25 heavy (non-hydrogen) atoms. The van der Waals surface area contributed by atoms with E-state index in [4.69, 9.17) is 0 Å². The van der Waals surface area contributed by atoms with Crippen LogP contribution in [0, 0.1) is 0 Å². The summed E-state index contributed by atoms with van der Waals surface area (Å²) >= 11 is 1.35. The molecule has 2 N–H and O–H groups in total. The fraction of sp³-hybridized carbons (Fsp3) is 0.438. The third-order valence-corrected chi connectivity index (χ3v) is 5.82. The van der Waals surface area contributed by atoms with E-state index >= 15 is 0 Å². The lowest BCUT2D eigenvalue weighted by Gasteiger charge is -2.09. The fourth-order valence-corrected chi connectivity index (χ4v) is 4.09. The normalized spacial score (nSPS) is 11.7. The summed E-state index contributed by atoms with van der Waals surface area (Å²) in [6.07, 6.45) is 2.95. The van der Waals surface area contributed by atoms with Crippen molar-refractivity contribution < 1.29 is 13.2 Å². The minimum atomic E-state index is -3.57. The number of amides is 1. The summed E-state index contributed by atoms with van der Waals surface area (Å²) < 4.78 is 26.6. The molecule has 0 atom stereocenters. The highest BCUT2D eigenvalue weighted by molar-refractivity contribution is 7.89. The Morgan fingerprint density at radius 2 is 1.88 bits per heavy atom. The Bertz CT molecular complexity index is 814. The monoisotopic (exact) mass is 382 g/mol. The highest BCUT2D eigenvalue weighted by Gasteiger charge is 2.16. The zero-order valence-corrected chi connectivity index (χ0v) is 16.1. The highest BCUT2D eigenvalue weighted by atomic mass is 32.2. The Hall–Kier alpha value is -1.84. The summed E-state index contributed by atoms with van der Waals surface area (Å²) in [7, 11) is -3.57. The molecule has 2 aromatic rings. The number of carbonyl (C=O) groups excluding carboxylic acids is 1. The van der Waals surface area contributed by atoms with Crippen LogP contribution in [0.4, 0.5) is 5.13 Å². The van der Waals surface area contributed by atoms with Gasteiger partial charge < -0.3 is 0 Å². The Labute approximate surface area is 151 Å². The van der Waals surface area contributed by atoms with Crippen LogP contribution in [0.15, 0.2) is 29.2 Å². The van der Waals surface area contributed by atoms with Gasteiger partial charge in [0.25, 0.3) is 5.91 Å². The Morgan fingerprint density at radius 3 is 2.48 bits per heavy atom. The van der Waals surface area contributed by atoms with E-state index < -0.39 is 10.0 Å². The van der Waals surface area contributed by atoms with Gasteiger partial charge >= 0.3 is 0 Å². The smallest absolute Gasteiger partial charge is 0.257 e. The maximum atomic E-state index is 12.2. The first-order valence-corrected chi connectivity index (χ1v) is 10.4. The van der Waals surface area contributed by atoms with Crippen molar-refractivity contribution in [1.82, 2.24) is 14.9 Å². The van der Waals surface area contributed by atoms with Crippen LogP contribution >= 0.6 is 11.3 Å². The number of nitrogens with zero attached hydrogens (tertiary/aromatic N) is 2. The van der Waals surface area contributed by atoms with Crippen LogP contribution in [-0.4, -0.2) is 30.6 Å². The minimum Gasteiger partial charge on any atom is -0.296 e. The molecule has 0 fully saturated rings. The lowest BCUT2D eigenvalue weighted by Crippen LogP contribution is -2.30. The Kier molecular flexibility index (Phi) is 6.63. The van der Waals surface area contributed by atoms with Gasteiger partial charge in [0.2, 0.25) is 15.2 Å². The van der Waals surface area contributed by atoms with Crippen LogP contribution in [0.5, 0.6) is 0 Å². The van der Waals surface area contributed by atoms with E-state index in [9.17, 15) is 13.2 Å². The summed E-state index contributed by atoms with van der Waals surface area (Å²) in [6.45, 7) is 5.59. The largest absolute Gasteiger partial charge is 0.296 e. The molecule has 0 saturated heterocycles. The summed E-state index contributed by atoms with van der Waals surface area (Å²) in [5.41, 5.74) is 0.355. The Balaban J connectivity index is 2.04. The molecule has 0 aliphatic heterocycles. The molecule has 0 unspecified atom stereocenters.